The number of carboxylic acid groups (broad SMARTS) is 1. The van der Waals surface area contributed by atoms with E-state index in [1.54, 1.807) is 12.1 Å². The van der Waals surface area contributed by atoms with Crippen LogP contribution in [0.4, 0.5) is 0 Å². The fraction of sp³-hybridized carbons (Fsp3) is 0.207. The maximum atomic E-state index is 11.8. The summed E-state index contributed by atoms with van der Waals surface area (Å²) in [6.07, 6.45) is 0. The molecule has 4 nitrogen and oxygen atoms in total. The highest BCUT2D eigenvalue weighted by atomic mass is 16.5. The number of hydrogen-bond donors (Lipinski definition) is 2. The Bertz CT molecular complexity index is 1290. The third kappa shape index (κ3) is 4.76. The minimum absolute atomic E-state index is 0.0535. The van der Waals surface area contributed by atoms with Gasteiger partial charge in [0.15, 0.2) is 0 Å². The van der Waals surface area contributed by atoms with Crippen LogP contribution in [0.15, 0.2) is 72.8 Å². The first-order chi connectivity index (χ1) is 15.9. The molecule has 0 aliphatic heterocycles. The second kappa shape index (κ2) is 9.47. The lowest BCUT2D eigenvalue weighted by molar-refractivity contribution is 0.0697. The summed E-state index contributed by atoms with van der Waals surface area (Å²) in [7, 11) is 0. The molecule has 4 rings (SSSR count). The van der Waals surface area contributed by atoms with Gasteiger partial charge in [-0.15, -0.1) is 0 Å². The van der Waals surface area contributed by atoms with Gasteiger partial charge in [0, 0.05) is 12.5 Å². The van der Waals surface area contributed by atoms with Gasteiger partial charge in [-0.3, -0.25) is 0 Å². The normalized spacial score (nSPS) is 12.0. The topological polar surface area (TPSA) is 66.8 Å². The Morgan fingerprint density at radius 1 is 0.939 bits per heavy atom. The number of benzene rings is 4. The van der Waals surface area contributed by atoms with Crippen molar-refractivity contribution in [2.24, 2.45) is 0 Å². The molecule has 33 heavy (non-hydrogen) atoms. The molecule has 168 valence electrons. The van der Waals surface area contributed by atoms with Crippen LogP contribution in [0.25, 0.3) is 21.9 Å². The number of hydrogen-bond acceptors (Lipinski definition) is 3. The third-order valence-electron chi connectivity index (χ3n) is 6.26. The van der Waals surface area contributed by atoms with Gasteiger partial charge < -0.3 is 14.9 Å². The fourth-order valence-corrected chi connectivity index (χ4v) is 4.13. The molecule has 0 fully saturated rings. The maximum Gasteiger partial charge on any atom is 0.335 e. The van der Waals surface area contributed by atoms with E-state index in [4.69, 9.17) is 4.74 Å². The Balaban J connectivity index is 1.72. The summed E-state index contributed by atoms with van der Waals surface area (Å²) in [5.74, 6) is -0.214. The Labute approximate surface area is 194 Å². The molecule has 1 atom stereocenters. The van der Waals surface area contributed by atoms with Crippen LogP contribution >= 0.6 is 0 Å². The number of rotatable bonds is 7. The molecule has 4 aromatic carbocycles. The van der Waals surface area contributed by atoms with Gasteiger partial charge in [-0.05, 0) is 82.3 Å². The van der Waals surface area contributed by atoms with Gasteiger partial charge in [-0.1, -0.05) is 55.5 Å². The van der Waals surface area contributed by atoms with E-state index in [1.807, 2.05) is 55.5 Å². The molecule has 0 radical (unpaired) electrons. The number of fused-ring (bicyclic) bond motifs is 1. The fourth-order valence-electron chi connectivity index (χ4n) is 4.13. The van der Waals surface area contributed by atoms with E-state index >= 15 is 0 Å². The maximum absolute atomic E-state index is 11.8. The molecular weight excluding hydrogens is 412 g/mol. The van der Waals surface area contributed by atoms with Gasteiger partial charge in [0.25, 0.3) is 0 Å². The number of ether oxygens (including phenoxy) is 1. The first-order valence-electron chi connectivity index (χ1n) is 11.1. The third-order valence-corrected chi connectivity index (χ3v) is 6.26. The molecule has 2 N–H and O–H groups in total. The van der Waals surface area contributed by atoms with Crippen LogP contribution in [0.2, 0.25) is 0 Å². The van der Waals surface area contributed by atoms with Gasteiger partial charge >= 0.3 is 5.97 Å². The Morgan fingerprint density at radius 2 is 1.64 bits per heavy atom. The van der Waals surface area contributed by atoms with Crippen molar-refractivity contribution < 1.29 is 19.7 Å². The number of aliphatic hydroxyl groups excluding tert-OH is 1. The molecule has 0 bridgehead atoms. The predicted molar refractivity (Wildman–Crippen MR) is 132 cm³/mol. The number of carboxylic acids is 1. The Morgan fingerprint density at radius 3 is 2.27 bits per heavy atom. The van der Waals surface area contributed by atoms with Crippen LogP contribution in [-0.4, -0.2) is 22.8 Å². The summed E-state index contributed by atoms with van der Waals surface area (Å²) in [6.45, 7) is 6.66. The number of carbonyl (C=O) groups is 1. The van der Waals surface area contributed by atoms with Crippen LogP contribution in [0.3, 0.4) is 0 Å². The molecule has 0 saturated carbocycles. The first kappa shape index (κ1) is 22.6. The zero-order chi connectivity index (χ0) is 23.5. The highest BCUT2D eigenvalue weighted by Crippen LogP contribution is 2.33. The van der Waals surface area contributed by atoms with E-state index in [2.05, 4.69) is 26.0 Å². The molecule has 4 aromatic rings. The Hall–Kier alpha value is -3.63. The molecule has 0 heterocycles. The second-order valence-corrected chi connectivity index (χ2v) is 8.58. The van der Waals surface area contributed by atoms with Crippen molar-refractivity contribution in [1.29, 1.82) is 0 Å². The van der Waals surface area contributed by atoms with Crippen molar-refractivity contribution in [1.82, 2.24) is 0 Å². The highest BCUT2D eigenvalue weighted by molar-refractivity contribution is 6.03. The molecule has 0 aliphatic carbocycles. The van der Waals surface area contributed by atoms with Crippen molar-refractivity contribution in [2.75, 3.05) is 6.61 Å². The lowest BCUT2D eigenvalue weighted by Gasteiger charge is -2.14. The van der Waals surface area contributed by atoms with E-state index in [0.717, 1.165) is 33.0 Å². The van der Waals surface area contributed by atoms with Crippen LogP contribution < -0.4 is 4.74 Å². The molecule has 0 amide bonds. The standard InChI is InChI=1S/C29H28O4/c1-18-5-4-6-19(2)28(18)17-33-25-11-12-26-23(14-25)13-24(29(31)32)15-27(26)22-9-7-21(8-10-22)20(3)16-30/h4-15,20,30H,16-17H2,1-3H3,(H,31,32). The molecule has 0 aromatic heterocycles. The van der Waals surface area contributed by atoms with E-state index < -0.39 is 5.97 Å². The van der Waals surface area contributed by atoms with Crippen molar-refractivity contribution >= 4 is 16.7 Å². The average Bonchev–Trinajstić information content (AvgIpc) is 2.82. The van der Waals surface area contributed by atoms with Crippen LogP contribution in [0, 0.1) is 13.8 Å². The number of aryl methyl sites for hydroxylation is 2. The summed E-state index contributed by atoms with van der Waals surface area (Å²) < 4.78 is 6.09. The zero-order valence-electron chi connectivity index (χ0n) is 19.1. The minimum atomic E-state index is -0.967. The zero-order valence-corrected chi connectivity index (χ0v) is 19.1. The molecular formula is C29H28O4. The Kier molecular flexibility index (Phi) is 6.47. The van der Waals surface area contributed by atoms with Crippen molar-refractivity contribution in [3.8, 4) is 16.9 Å². The van der Waals surface area contributed by atoms with Crippen molar-refractivity contribution in [2.45, 2.75) is 33.3 Å². The molecule has 1 unspecified atom stereocenters. The van der Waals surface area contributed by atoms with E-state index in [-0.39, 0.29) is 18.1 Å². The largest absolute Gasteiger partial charge is 0.489 e. The smallest absolute Gasteiger partial charge is 0.335 e. The lowest BCUT2D eigenvalue weighted by Crippen LogP contribution is -2.01. The summed E-state index contributed by atoms with van der Waals surface area (Å²) >= 11 is 0. The summed E-state index contributed by atoms with van der Waals surface area (Å²) in [5, 5.41) is 20.9. The highest BCUT2D eigenvalue weighted by Gasteiger charge is 2.13. The number of aliphatic hydroxyl groups is 1. The van der Waals surface area contributed by atoms with E-state index in [1.165, 1.54) is 11.1 Å². The average molecular weight is 441 g/mol. The summed E-state index contributed by atoms with van der Waals surface area (Å²) in [5.41, 5.74) is 6.60. The molecule has 0 saturated heterocycles. The predicted octanol–water partition coefficient (Wildman–Crippen LogP) is 6.50. The van der Waals surface area contributed by atoms with Gasteiger partial charge in [-0.2, -0.15) is 0 Å². The summed E-state index contributed by atoms with van der Waals surface area (Å²) in [4.78, 5) is 11.8. The molecule has 0 aliphatic rings. The quantitative estimate of drug-likeness (QED) is 0.344. The van der Waals surface area contributed by atoms with E-state index in [0.29, 0.717) is 12.4 Å². The van der Waals surface area contributed by atoms with E-state index in [9.17, 15) is 15.0 Å². The first-order valence-corrected chi connectivity index (χ1v) is 11.1. The second-order valence-electron chi connectivity index (χ2n) is 8.58. The van der Waals surface area contributed by atoms with Crippen LogP contribution in [0.5, 0.6) is 5.75 Å². The minimum Gasteiger partial charge on any atom is -0.489 e. The van der Waals surface area contributed by atoms with Crippen molar-refractivity contribution in [3.63, 3.8) is 0 Å². The lowest BCUT2D eigenvalue weighted by atomic mass is 9.93. The van der Waals surface area contributed by atoms with Gasteiger partial charge in [-0.25, -0.2) is 4.79 Å². The van der Waals surface area contributed by atoms with Gasteiger partial charge in [0.05, 0.1) is 5.56 Å². The van der Waals surface area contributed by atoms with Crippen LogP contribution in [0.1, 0.15) is 45.5 Å². The molecule has 4 heteroatoms. The number of aromatic carboxylic acids is 1. The molecule has 0 spiro atoms. The summed E-state index contributed by atoms with van der Waals surface area (Å²) in [6, 6.07) is 23.3. The van der Waals surface area contributed by atoms with Gasteiger partial charge in [0.2, 0.25) is 0 Å². The van der Waals surface area contributed by atoms with Crippen molar-refractivity contribution in [3.05, 3.63) is 101 Å². The van der Waals surface area contributed by atoms with Gasteiger partial charge in [0.1, 0.15) is 12.4 Å². The van der Waals surface area contributed by atoms with Crippen LogP contribution in [-0.2, 0) is 6.61 Å². The SMILES string of the molecule is Cc1cccc(C)c1COc1ccc2c(-c3ccc(C(C)CO)cc3)cc(C(=O)O)cc2c1. The monoisotopic (exact) mass is 440 g/mol.